The van der Waals surface area contributed by atoms with Crippen LogP contribution in [0.15, 0.2) is 34.1 Å². The summed E-state index contributed by atoms with van der Waals surface area (Å²) in [6, 6.07) is 6.81. The first-order chi connectivity index (χ1) is 6.95. The summed E-state index contributed by atoms with van der Waals surface area (Å²) in [5.41, 5.74) is 0. The SMILES string of the molecule is CC(C)CS(=O)(=O)c1ccc(SS)cc1. The van der Waals surface area contributed by atoms with Gasteiger partial charge in [-0.1, -0.05) is 24.6 Å². The van der Waals surface area contributed by atoms with E-state index in [1.165, 1.54) is 10.8 Å². The van der Waals surface area contributed by atoms with E-state index in [1.54, 1.807) is 24.3 Å². The van der Waals surface area contributed by atoms with E-state index in [1.807, 2.05) is 13.8 Å². The first kappa shape index (κ1) is 12.9. The van der Waals surface area contributed by atoms with Crippen molar-refractivity contribution < 1.29 is 8.42 Å². The summed E-state index contributed by atoms with van der Waals surface area (Å²) in [7, 11) is -1.82. The van der Waals surface area contributed by atoms with E-state index in [0.29, 0.717) is 4.90 Å². The van der Waals surface area contributed by atoms with Gasteiger partial charge in [-0.05, 0) is 30.2 Å². The van der Waals surface area contributed by atoms with Crippen molar-refractivity contribution in [3.05, 3.63) is 24.3 Å². The molecule has 0 aliphatic heterocycles. The molecule has 1 aromatic rings. The van der Waals surface area contributed by atoms with Crippen molar-refractivity contribution in [3.63, 3.8) is 0 Å². The Morgan fingerprint density at radius 1 is 1.27 bits per heavy atom. The topological polar surface area (TPSA) is 34.1 Å². The molecule has 0 aliphatic carbocycles. The summed E-state index contributed by atoms with van der Waals surface area (Å²) in [5, 5.41) is 0. The zero-order valence-corrected chi connectivity index (χ0v) is 11.2. The maximum absolute atomic E-state index is 11.8. The second-order valence-electron chi connectivity index (χ2n) is 3.74. The summed E-state index contributed by atoms with van der Waals surface area (Å²) in [4.78, 5) is 1.34. The van der Waals surface area contributed by atoms with Gasteiger partial charge in [0.1, 0.15) is 0 Å². The molecule has 84 valence electrons. The zero-order valence-electron chi connectivity index (χ0n) is 8.67. The standard InChI is InChI=1S/C10H14O2S3/c1-8(2)7-15(11,12)10-5-3-9(14-13)4-6-10/h3-6,8,13H,7H2,1-2H3. The van der Waals surface area contributed by atoms with Crippen molar-refractivity contribution in [3.8, 4) is 0 Å². The fourth-order valence-electron chi connectivity index (χ4n) is 1.24. The molecule has 0 aliphatic rings. The number of hydrogen-bond acceptors (Lipinski definition) is 4. The predicted molar refractivity (Wildman–Crippen MR) is 68.2 cm³/mol. The summed E-state index contributed by atoms with van der Waals surface area (Å²) >= 11 is 4.04. The molecule has 5 heteroatoms. The number of thiol groups is 1. The Bertz CT molecular complexity index is 407. The van der Waals surface area contributed by atoms with Crippen molar-refractivity contribution in [2.75, 3.05) is 5.75 Å². The Hall–Kier alpha value is -0.130. The minimum atomic E-state index is -3.12. The van der Waals surface area contributed by atoms with Gasteiger partial charge in [0, 0.05) is 4.90 Å². The first-order valence-corrected chi connectivity index (χ1v) is 8.12. The molecule has 0 fully saturated rings. The van der Waals surface area contributed by atoms with Gasteiger partial charge in [-0.15, -0.1) is 11.7 Å². The highest BCUT2D eigenvalue weighted by molar-refractivity contribution is 8.68. The highest BCUT2D eigenvalue weighted by Crippen LogP contribution is 2.23. The van der Waals surface area contributed by atoms with Crippen LogP contribution >= 0.6 is 22.5 Å². The fourth-order valence-corrected chi connectivity index (χ4v) is 3.49. The molecule has 0 atom stereocenters. The normalized spacial score (nSPS) is 12.0. The van der Waals surface area contributed by atoms with Crippen molar-refractivity contribution >= 4 is 32.3 Å². The number of sulfone groups is 1. The van der Waals surface area contributed by atoms with Crippen LogP contribution in [0.1, 0.15) is 13.8 Å². The van der Waals surface area contributed by atoms with Crippen LogP contribution < -0.4 is 0 Å². The van der Waals surface area contributed by atoms with Gasteiger partial charge >= 0.3 is 0 Å². The summed E-state index contributed by atoms with van der Waals surface area (Å²) in [6.07, 6.45) is 0. The Balaban J connectivity index is 2.96. The molecule has 0 bridgehead atoms. The van der Waals surface area contributed by atoms with Crippen molar-refractivity contribution in [1.82, 2.24) is 0 Å². The van der Waals surface area contributed by atoms with Crippen LogP contribution in [0.3, 0.4) is 0 Å². The van der Waals surface area contributed by atoms with Gasteiger partial charge in [0.2, 0.25) is 0 Å². The molecule has 0 radical (unpaired) electrons. The molecular weight excluding hydrogens is 248 g/mol. The van der Waals surface area contributed by atoms with Gasteiger partial charge in [-0.3, -0.25) is 0 Å². The summed E-state index contributed by atoms with van der Waals surface area (Å²) in [5.74, 6) is 0.342. The van der Waals surface area contributed by atoms with Crippen molar-refractivity contribution in [2.24, 2.45) is 5.92 Å². The van der Waals surface area contributed by atoms with E-state index in [-0.39, 0.29) is 11.7 Å². The van der Waals surface area contributed by atoms with Gasteiger partial charge in [0.15, 0.2) is 9.84 Å². The molecule has 2 nitrogen and oxygen atoms in total. The number of benzene rings is 1. The van der Waals surface area contributed by atoms with Gasteiger partial charge in [-0.25, -0.2) is 8.42 Å². The maximum Gasteiger partial charge on any atom is 0.178 e. The van der Waals surface area contributed by atoms with Gasteiger partial charge < -0.3 is 0 Å². The summed E-state index contributed by atoms with van der Waals surface area (Å²) in [6.45, 7) is 3.80. The monoisotopic (exact) mass is 262 g/mol. The fraction of sp³-hybridized carbons (Fsp3) is 0.400. The molecule has 15 heavy (non-hydrogen) atoms. The smallest absolute Gasteiger partial charge is 0.178 e. The van der Waals surface area contributed by atoms with Gasteiger partial charge in [-0.2, -0.15) is 0 Å². The van der Waals surface area contributed by atoms with E-state index >= 15 is 0 Å². The van der Waals surface area contributed by atoms with E-state index in [2.05, 4.69) is 11.7 Å². The van der Waals surface area contributed by atoms with Crippen LogP contribution in [0.4, 0.5) is 0 Å². The third-order valence-corrected chi connectivity index (χ3v) is 5.05. The Labute approximate surface area is 100 Å². The third-order valence-electron chi connectivity index (χ3n) is 1.84. The number of rotatable bonds is 4. The molecular formula is C10H14O2S3. The lowest BCUT2D eigenvalue weighted by molar-refractivity contribution is 0.582. The second kappa shape index (κ2) is 5.27. The molecule has 0 amide bonds. The highest BCUT2D eigenvalue weighted by atomic mass is 33.1. The highest BCUT2D eigenvalue weighted by Gasteiger charge is 2.15. The molecule has 0 saturated carbocycles. The minimum absolute atomic E-state index is 0.147. The molecule has 0 saturated heterocycles. The Morgan fingerprint density at radius 2 is 1.80 bits per heavy atom. The average Bonchev–Trinajstić information content (AvgIpc) is 2.16. The van der Waals surface area contributed by atoms with E-state index in [4.69, 9.17) is 0 Å². The lowest BCUT2D eigenvalue weighted by atomic mass is 10.3. The van der Waals surface area contributed by atoms with Crippen LogP contribution in [0, 0.1) is 5.92 Å². The third kappa shape index (κ3) is 3.74. The molecule has 0 aromatic heterocycles. The average molecular weight is 262 g/mol. The van der Waals surface area contributed by atoms with Crippen molar-refractivity contribution in [1.29, 1.82) is 0 Å². The quantitative estimate of drug-likeness (QED) is 0.669. The van der Waals surface area contributed by atoms with E-state index < -0.39 is 9.84 Å². The van der Waals surface area contributed by atoms with E-state index in [0.717, 1.165) is 4.90 Å². The lowest BCUT2D eigenvalue weighted by Crippen LogP contribution is -2.11. The first-order valence-electron chi connectivity index (χ1n) is 4.60. The lowest BCUT2D eigenvalue weighted by Gasteiger charge is -2.07. The van der Waals surface area contributed by atoms with Crippen LogP contribution in [-0.2, 0) is 9.84 Å². The largest absolute Gasteiger partial charge is 0.224 e. The van der Waals surface area contributed by atoms with Crippen LogP contribution in [0.5, 0.6) is 0 Å². The summed E-state index contributed by atoms with van der Waals surface area (Å²) < 4.78 is 23.6. The minimum Gasteiger partial charge on any atom is -0.224 e. The van der Waals surface area contributed by atoms with Crippen molar-refractivity contribution in [2.45, 2.75) is 23.6 Å². The Morgan fingerprint density at radius 3 is 2.20 bits per heavy atom. The molecule has 1 aromatic carbocycles. The predicted octanol–water partition coefficient (Wildman–Crippen LogP) is 3.05. The van der Waals surface area contributed by atoms with Crippen LogP contribution in [-0.4, -0.2) is 14.2 Å². The molecule has 0 N–H and O–H groups in total. The molecule has 0 unspecified atom stereocenters. The molecule has 0 spiro atoms. The van der Waals surface area contributed by atoms with Crippen LogP contribution in [0.25, 0.3) is 0 Å². The van der Waals surface area contributed by atoms with Gasteiger partial charge in [0.05, 0.1) is 10.6 Å². The van der Waals surface area contributed by atoms with Crippen LogP contribution in [0.2, 0.25) is 0 Å². The molecule has 1 rings (SSSR count). The second-order valence-corrected chi connectivity index (χ2v) is 6.97. The Kier molecular flexibility index (Phi) is 4.55. The molecule has 0 heterocycles. The zero-order chi connectivity index (χ0) is 11.5. The maximum atomic E-state index is 11.8. The number of hydrogen-bond donors (Lipinski definition) is 1. The van der Waals surface area contributed by atoms with E-state index in [9.17, 15) is 8.42 Å². The van der Waals surface area contributed by atoms with Gasteiger partial charge in [0.25, 0.3) is 0 Å².